The Hall–Kier alpha value is -2.70. The van der Waals surface area contributed by atoms with E-state index in [1.807, 2.05) is 26.0 Å². The number of carbonyl (C=O) groups is 4. The number of rotatable bonds is 5. The number of hydrogen-bond acceptors (Lipinski definition) is 4. The van der Waals surface area contributed by atoms with Gasteiger partial charge in [-0.15, -0.1) is 0 Å². The van der Waals surface area contributed by atoms with Crippen molar-refractivity contribution in [2.75, 3.05) is 18.9 Å². The molecule has 5 amide bonds. The maximum atomic E-state index is 12.1. The molecule has 1 saturated heterocycles. The summed E-state index contributed by atoms with van der Waals surface area (Å²) >= 11 is 0. The summed E-state index contributed by atoms with van der Waals surface area (Å²) < 4.78 is 0. The molecule has 0 radical (unpaired) electrons. The van der Waals surface area contributed by atoms with Crippen molar-refractivity contribution in [1.29, 1.82) is 0 Å². The van der Waals surface area contributed by atoms with Gasteiger partial charge < -0.3 is 5.32 Å². The van der Waals surface area contributed by atoms with Crippen LogP contribution in [0.2, 0.25) is 0 Å². The first-order valence-electron chi connectivity index (χ1n) is 7.39. The van der Waals surface area contributed by atoms with E-state index in [-0.39, 0.29) is 5.92 Å². The van der Waals surface area contributed by atoms with Crippen LogP contribution >= 0.6 is 0 Å². The number of hydrogen-bond donors (Lipinski definition) is 1. The van der Waals surface area contributed by atoms with Crippen LogP contribution in [0, 0.1) is 0 Å². The number of nitrogens with one attached hydrogen (secondary N) is 1. The van der Waals surface area contributed by atoms with E-state index in [0.29, 0.717) is 15.5 Å². The number of carbonyl (C=O) groups excluding carboxylic acids is 4. The molecule has 0 saturated carbocycles. The number of benzene rings is 1. The standard InChI is InChI=1S/C16H19N3O4/c1-4-10(2)11-7-5-6-8-12(11)17-13(20)9-19-15(22)14(21)18(3)16(19)23/h5-8,10H,4,9H2,1-3H3,(H,17,20)/t10-/m1/s1. The minimum Gasteiger partial charge on any atom is -0.324 e. The second kappa shape index (κ2) is 6.60. The van der Waals surface area contributed by atoms with Gasteiger partial charge in [0.2, 0.25) is 5.91 Å². The summed E-state index contributed by atoms with van der Waals surface area (Å²) in [6.45, 7) is 3.61. The second-order valence-corrected chi connectivity index (χ2v) is 5.48. The summed E-state index contributed by atoms with van der Waals surface area (Å²) in [5, 5.41) is 2.71. The van der Waals surface area contributed by atoms with E-state index in [9.17, 15) is 19.2 Å². The summed E-state index contributed by atoms with van der Waals surface area (Å²) in [5.74, 6) is -2.18. The fourth-order valence-electron chi connectivity index (χ4n) is 2.35. The lowest BCUT2D eigenvalue weighted by Crippen LogP contribution is -2.38. The third kappa shape index (κ3) is 3.23. The van der Waals surface area contributed by atoms with Crippen molar-refractivity contribution in [2.45, 2.75) is 26.2 Å². The Morgan fingerprint density at radius 1 is 1.17 bits per heavy atom. The van der Waals surface area contributed by atoms with Crippen molar-refractivity contribution in [3.63, 3.8) is 0 Å². The third-order valence-corrected chi connectivity index (χ3v) is 3.93. The van der Waals surface area contributed by atoms with Crippen molar-refractivity contribution in [3.05, 3.63) is 29.8 Å². The number of nitrogens with zero attached hydrogens (tertiary/aromatic N) is 2. The van der Waals surface area contributed by atoms with E-state index in [4.69, 9.17) is 0 Å². The number of para-hydroxylation sites is 1. The van der Waals surface area contributed by atoms with Crippen LogP contribution in [-0.4, -0.2) is 47.1 Å². The van der Waals surface area contributed by atoms with Crippen LogP contribution in [0.15, 0.2) is 24.3 Å². The quantitative estimate of drug-likeness (QED) is 0.659. The summed E-state index contributed by atoms with van der Waals surface area (Å²) in [7, 11) is 1.21. The molecule has 0 aromatic heterocycles. The van der Waals surface area contributed by atoms with Gasteiger partial charge in [0, 0.05) is 12.7 Å². The maximum Gasteiger partial charge on any atom is 0.334 e. The van der Waals surface area contributed by atoms with Crippen molar-refractivity contribution in [1.82, 2.24) is 9.80 Å². The zero-order valence-electron chi connectivity index (χ0n) is 13.3. The summed E-state index contributed by atoms with van der Waals surface area (Å²) in [5.41, 5.74) is 1.63. The van der Waals surface area contributed by atoms with Crippen LogP contribution in [0.1, 0.15) is 31.7 Å². The van der Waals surface area contributed by atoms with Crippen LogP contribution in [-0.2, 0) is 14.4 Å². The minimum atomic E-state index is -0.983. The smallest absolute Gasteiger partial charge is 0.324 e. The molecular weight excluding hydrogens is 298 g/mol. The average Bonchev–Trinajstić information content (AvgIpc) is 2.72. The average molecular weight is 317 g/mol. The molecular formula is C16H19N3O4. The summed E-state index contributed by atoms with van der Waals surface area (Å²) in [6.07, 6.45) is 0.912. The van der Waals surface area contributed by atoms with Gasteiger partial charge in [0.1, 0.15) is 6.54 Å². The number of anilines is 1. The fourth-order valence-corrected chi connectivity index (χ4v) is 2.35. The molecule has 2 rings (SSSR count). The predicted octanol–water partition coefficient (Wildman–Crippen LogP) is 1.56. The van der Waals surface area contributed by atoms with E-state index in [1.165, 1.54) is 7.05 Å². The summed E-state index contributed by atoms with van der Waals surface area (Å²) in [4.78, 5) is 48.4. The lowest BCUT2D eigenvalue weighted by molar-refractivity contribution is -0.143. The number of amides is 5. The van der Waals surface area contributed by atoms with E-state index in [1.54, 1.807) is 12.1 Å². The van der Waals surface area contributed by atoms with Crippen LogP contribution in [0.3, 0.4) is 0 Å². The zero-order valence-corrected chi connectivity index (χ0v) is 13.3. The highest BCUT2D eigenvalue weighted by Gasteiger charge is 2.43. The van der Waals surface area contributed by atoms with E-state index in [0.717, 1.165) is 12.0 Å². The Morgan fingerprint density at radius 2 is 1.83 bits per heavy atom. The maximum absolute atomic E-state index is 12.1. The van der Waals surface area contributed by atoms with Crippen molar-refractivity contribution in [2.24, 2.45) is 0 Å². The van der Waals surface area contributed by atoms with Gasteiger partial charge in [-0.25, -0.2) is 9.69 Å². The first kappa shape index (κ1) is 16.7. The van der Waals surface area contributed by atoms with Crippen LogP contribution in [0.4, 0.5) is 10.5 Å². The zero-order chi connectivity index (χ0) is 17.1. The fraction of sp³-hybridized carbons (Fsp3) is 0.375. The molecule has 0 aliphatic carbocycles. The molecule has 1 heterocycles. The Balaban J connectivity index is 2.11. The molecule has 122 valence electrons. The number of urea groups is 1. The SMILES string of the molecule is CC[C@@H](C)c1ccccc1NC(=O)CN1C(=O)C(=O)N(C)C1=O. The Bertz CT molecular complexity index is 671. The highest BCUT2D eigenvalue weighted by Crippen LogP contribution is 2.26. The number of likely N-dealkylation sites (N-methyl/N-ethyl adjacent to an activating group) is 1. The first-order chi connectivity index (χ1) is 10.9. The van der Waals surface area contributed by atoms with Crippen molar-refractivity contribution < 1.29 is 19.2 Å². The minimum absolute atomic E-state index is 0.259. The Kier molecular flexibility index (Phi) is 4.78. The Labute approximate surface area is 134 Å². The molecule has 7 heteroatoms. The van der Waals surface area contributed by atoms with Crippen molar-refractivity contribution in [3.8, 4) is 0 Å². The lowest BCUT2D eigenvalue weighted by Gasteiger charge is -2.17. The highest BCUT2D eigenvalue weighted by molar-refractivity contribution is 6.44. The summed E-state index contributed by atoms with van der Waals surface area (Å²) in [6, 6.07) is 6.59. The molecule has 1 fully saturated rings. The van der Waals surface area contributed by atoms with Gasteiger partial charge in [-0.05, 0) is 24.0 Å². The van der Waals surface area contributed by atoms with Gasteiger partial charge >= 0.3 is 17.8 Å². The van der Waals surface area contributed by atoms with E-state index >= 15 is 0 Å². The van der Waals surface area contributed by atoms with Gasteiger partial charge in [-0.1, -0.05) is 32.0 Å². The molecule has 0 bridgehead atoms. The molecule has 0 spiro atoms. The lowest BCUT2D eigenvalue weighted by atomic mass is 9.97. The van der Waals surface area contributed by atoms with Crippen LogP contribution < -0.4 is 5.32 Å². The van der Waals surface area contributed by atoms with Gasteiger partial charge in [0.25, 0.3) is 0 Å². The van der Waals surface area contributed by atoms with Gasteiger partial charge in [-0.2, -0.15) is 0 Å². The molecule has 1 atom stereocenters. The van der Waals surface area contributed by atoms with E-state index < -0.39 is 30.3 Å². The topological polar surface area (TPSA) is 86.8 Å². The molecule has 1 aliphatic heterocycles. The van der Waals surface area contributed by atoms with Gasteiger partial charge in [0.15, 0.2) is 0 Å². The normalized spacial score (nSPS) is 16.0. The van der Waals surface area contributed by atoms with Crippen LogP contribution in [0.5, 0.6) is 0 Å². The molecule has 0 unspecified atom stereocenters. The Morgan fingerprint density at radius 3 is 2.39 bits per heavy atom. The molecule has 23 heavy (non-hydrogen) atoms. The predicted molar refractivity (Wildman–Crippen MR) is 83.7 cm³/mol. The molecule has 1 aliphatic rings. The van der Waals surface area contributed by atoms with Crippen molar-refractivity contribution >= 4 is 29.4 Å². The molecule has 1 N–H and O–H groups in total. The molecule has 1 aromatic rings. The van der Waals surface area contributed by atoms with Crippen LogP contribution in [0.25, 0.3) is 0 Å². The largest absolute Gasteiger partial charge is 0.334 e. The molecule has 1 aromatic carbocycles. The van der Waals surface area contributed by atoms with E-state index in [2.05, 4.69) is 5.32 Å². The van der Waals surface area contributed by atoms with Gasteiger partial charge in [-0.3, -0.25) is 19.3 Å². The highest BCUT2D eigenvalue weighted by atomic mass is 16.2. The third-order valence-electron chi connectivity index (χ3n) is 3.93. The first-order valence-corrected chi connectivity index (χ1v) is 7.39. The number of imide groups is 2. The molecule has 7 nitrogen and oxygen atoms in total. The second-order valence-electron chi connectivity index (χ2n) is 5.48. The monoisotopic (exact) mass is 317 g/mol. The van der Waals surface area contributed by atoms with Gasteiger partial charge in [0.05, 0.1) is 0 Å².